The second kappa shape index (κ2) is 4.01. The molecule has 5 heteroatoms. The molecule has 1 fully saturated rings. The van der Waals surface area contributed by atoms with Gasteiger partial charge in [-0.15, -0.1) is 0 Å². The molecule has 0 spiro atoms. The maximum Gasteiger partial charge on any atom is 0.229 e. The van der Waals surface area contributed by atoms with Crippen LogP contribution in [0.1, 0.15) is 29.0 Å². The van der Waals surface area contributed by atoms with Gasteiger partial charge < -0.3 is 4.74 Å². The number of rotatable bonds is 4. The monoisotopic (exact) mass is 229 g/mol. The first-order chi connectivity index (χ1) is 8.33. The fraction of sp³-hybridized carbons (Fsp3) is 0.250. The van der Waals surface area contributed by atoms with Crippen molar-refractivity contribution >= 4 is 5.78 Å². The number of aromatic nitrogens is 3. The van der Waals surface area contributed by atoms with Gasteiger partial charge in [-0.2, -0.15) is 5.10 Å². The molecular formula is C12H11N3O2. The second-order valence-electron chi connectivity index (χ2n) is 4.01. The molecule has 1 aromatic heterocycles. The van der Waals surface area contributed by atoms with Crippen molar-refractivity contribution in [1.29, 1.82) is 0 Å². The van der Waals surface area contributed by atoms with Gasteiger partial charge in [0.25, 0.3) is 0 Å². The average molecular weight is 229 g/mol. The number of carbonyl (C=O) groups is 1. The Hall–Kier alpha value is -2.17. The summed E-state index contributed by atoms with van der Waals surface area (Å²) in [7, 11) is 0. The molecular weight excluding hydrogens is 218 g/mol. The number of ether oxygens (including phenoxy) is 1. The molecule has 1 aromatic carbocycles. The standard InChI is InChI=1S/C12H11N3O2/c16-11(12-13-7-14-15-12)8-2-1-3-10(6-8)17-9-4-5-9/h1-3,6-7,9H,4-5H2,(H,13,14,15). The van der Waals surface area contributed by atoms with Crippen LogP contribution in [0.15, 0.2) is 30.6 Å². The van der Waals surface area contributed by atoms with Crippen molar-refractivity contribution < 1.29 is 9.53 Å². The van der Waals surface area contributed by atoms with Crippen molar-refractivity contribution in [3.8, 4) is 5.75 Å². The van der Waals surface area contributed by atoms with Crippen molar-refractivity contribution in [2.45, 2.75) is 18.9 Å². The molecule has 0 atom stereocenters. The van der Waals surface area contributed by atoms with E-state index in [-0.39, 0.29) is 11.6 Å². The lowest BCUT2D eigenvalue weighted by Crippen LogP contribution is -2.04. The fourth-order valence-corrected chi connectivity index (χ4v) is 1.54. The molecule has 0 bridgehead atoms. The van der Waals surface area contributed by atoms with Gasteiger partial charge in [-0.3, -0.25) is 9.89 Å². The van der Waals surface area contributed by atoms with E-state index in [0.717, 1.165) is 18.6 Å². The molecule has 1 heterocycles. The number of nitrogens with one attached hydrogen (secondary N) is 1. The molecule has 2 aromatic rings. The number of nitrogens with zero attached hydrogens (tertiary/aromatic N) is 2. The molecule has 1 saturated carbocycles. The van der Waals surface area contributed by atoms with E-state index < -0.39 is 0 Å². The third kappa shape index (κ3) is 2.18. The smallest absolute Gasteiger partial charge is 0.229 e. The third-order valence-corrected chi connectivity index (χ3v) is 2.55. The third-order valence-electron chi connectivity index (χ3n) is 2.55. The minimum Gasteiger partial charge on any atom is -0.490 e. The summed E-state index contributed by atoms with van der Waals surface area (Å²) < 4.78 is 5.64. The molecule has 3 rings (SSSR count). The molecule has 1 N–H and O–H groups in total. The number of ketones is 1. The lowest BCUT2D eigenvalue weighted by Gasteiger charge is -2.05. The molecule has 86 valence electrons. The van der Waals surface area contributed by atoms with Crippen molar-refractivity contribution in [3.05, 3.63) is 42.0 Å². The Balaban J connectivity index is 1.84. The Morgan fingerprint density at radius 3 is 3.00 bits per heavy atom. The number of aromatic amines is 1. The maximum atomic E-state index is 12.0. The maximum absolute atomic E-state index is 12.0. The molecule has 0 radical (unpaired) electrons. The molecule has 5 nitrogen and oxygen atoms in total. The van der Waals surface area contributed by atoms with Gasteiger partial charge in [-0.05, 0) is 25.0 Å². The van der Waals surface area contributed by atoms with Crippen molar-refractivity contribution in [2.24, 2.45) is 0 Å². The van der Waals surface area contributed by atoms with Crippen LogP contribution in [0.4, 0.5) is 0 Å². The number of H-pyrrole nitrogens is 1. The lowest BCUT2D eigenvalue weighted by atomic mass is 10.1. The minimum absolute atomic E-state index is 0.177. The predicted molar refractivity (Wildman–Crippen MR) is 59.9 cm³/mol. The molecule has 0 amide bonds. The van der Waals surface area contributed by atoms with Crippen LogP contribution in [-0.4, -0.2) is 27.1 Å². The fourth-order valence-electron chi connectivity index (χ4n) is 1.54. The largest absolute Gasteiger partial charge is 0.490 e. The molecule has 1 aliphatic rings. The van der Waals surface area contributed by atoms with Crippen LogP contribution >= 0.6 is 0 Å². The Kier molecular flexibility index (Phi) is 2.36. The zero-order valence-electron chi connectivity index (χ0n) is 9.09. The van der Waals surface area contributed by atoms with E-state index in [0.29, 0.717) is 11.7 Å². The Morgan fingerprint density at radius 1 is 1.41 bits per heavy atom. The van der Waals surface area contributed by atoms with Crippen LogP contribution in [0.25, 0.3) is 0 Å². The highest BCUT2D eigenvalue weighted by Crippen LogP contribution is 2.27. The summed E-state index contributed by atoms with van der Waals surface area (Å²) in [5.74, 6) is 0.801. The summed E-state index contributed by atoms with van der Waals surface area (Å²) in [6.45, 7) is 0. The van der Waals surface area contributed by atoms with Gasteiger partial charge in [0.15, 0.2) is 5.82 Å². The van der Waals surface area contributed by atoms with Crippen molar-refractivity contribution in [3.63, 3.8) is 0 Å². The summed E-state index contributed by atoms with van der Waals surface area (Å²) in [5.41, 5.74) is 0.555. The van der Waals surface area contributed by atoms with Crippen LogP contribution in [0.2, 0.25) is 0 Å². The lowest BCUT2D eigenvalue weighted by molar-refractivity contribution is 0.102. The van der Waals surface area contributed by atoms with Gasteiger partial charge in [0.05, 0.1) is 6.10 Å². The first-order valence-corrected chi connectivity index (χ1v) is 5.50. The Labute approximate surface area is 97.8 Å². The van der Waals surface area contributed by atoms with Gasteiger partial charge in [-0.25, -0.2) is 4.98 Å². The van der Waals surface area contributed by atoms with Crippen molar-refractivity contribution in [2.75, 3.05) is 0 Å². The van der Waals surface area contributed by atoms with Gasteiger partial charge in [0.2, 0.25) is 5.78 Å². The van der Waals surface area contributed by atoms with Crippen LogP contribution in [0.5, 0.6) is 5.75 Å². The normalized spacial score (nSPS) is 14.6. The number of carbonyl (C=O) groups excluding carboxylic acids is 1. The van der Waals surface area contributed by atoms with Crippen LogP contribution < -0.4 is 4.74 Å². The Morgan fingerprint density at radius 2 is 2.29 bits per heavy atom. The minimum atomic E-state index is -0.177. The molecule has 0 saturated heterocycles. The summed E-state index contributed by atoms with van der Waals surface area (Å²) in [5, 5.41) is 6.22. The van der Waals surface area contributed by atoms with E-state index in [2.05, 4.69) is 15.2 Å². The summed E-state index contributed by atoms with van der Waals surface area (Å²) in [4.78, 5) is 15.8. The number of hydrogen-bond acceptors (Lipinski definition) is 4. The summed E-state index contributed by atoms with van der Waals surface area (Å²) >= 11 is 0. The number of benzene rings is 1. The SMILES string of the molecule is O=C(c1cccc(OC2CC2)c1)c1ncn[nH]1. The number of hydrogen-bond donors (Lipinski definition) is 1. The van der Waals surface area contributed by atoms with Gasteiger partial charge in [0.1, 0.15) is 12.1 Å². The Bertz CT molecular complexity index is 532. The highest BCUT2D eigenvalue weighted by Gasteiger charge is 2.23. The first kappa shape index (κ1) is 10.0. The van der Waals surface area contributed by atoms with Gasteiger partial charge in [-0.1, -0.05) is 12.1 Å². The van der Waals surface area contributed by atoms with Crippen LogP contribution in [0, 0.1) is 0 Å². The van der Waals surface area contributed by atoms with E-state index in [1.54, 1.807) is 18.2 Å². The van der Waals surface area contributed by atoms with Crippen molar-refractivity contribution in [1.82, 2.24) is 15.2 Å². The van der Waals surface area contributed by atoms with E-state index >= 15 is 0 Å². The van der Waals surface area contributed by atoms with E-state index in [4.69, 9.17) is 4.74 Å². The highest BCUT2D eigenvalue weighted by molar-refractivity contribution is 6.06. The summed E-state index contributed by atoms with van der Waals surface area (Å²) in [6.07, 6.45) is 3.84. The van der Waals surface area contributed by atoms with E-state index in [9.17, 15) is 4.79 Å². The van der Waals surface area contributed by atoms with Crippen LogP contribution in [-0.2, 0) is 0 Å². The molecule has 0 unspecified atom stereocenters. The molecule has 0 aliphatic heterocycles. The first-order valence-electron chi connectivity index (χ1n) is 5.50. The molecule has 17 heavy (non-hydrogen) atoms. The highest BCUT2D eigenvalue weighted by atomic mass is 16.5. The predicted octanol–water partition coefficient (Wildman–Crippen LogP) is 1.58. The van der Waals surface area contributed by atoms with Crippen LogP contribution in [0.3, 0.4) is 0 Å². The van der Waals surface area contributed by atoms with E-state index in [1.807, 2.05) is 6.07 Å². The van der Waals surface area contributed by atoms with Gasteiger partial charge in [0, 0.05) is 5.56 Å². The van der Waals surface area contributed by atoms with Gasteiger partial charge >= 0.3 is 0 Å². The zero-order valence-corrected chi connectivity index (χ0v) is 9.09. The molecule has 1 aliphatic carbocycles. The van der Waals surface area contributed by atoms with E-state index in [1.165, 1.54) is 6.33 Å². The zero-order chi connectivity index (χ0) is 11.7. The average Bonchev–Trinajstić information content (AvgIpc) is 2.99. The second-order valence-corrected chi connectivity index (χ2v) is 4.01. The quantitative estimate of drug-likeness (QED) is 0.808. The summed E-state index contributed by atoms with van der Waals surface area (Å²) in [6, 6.07) is 7.14. The topological polar surface area (TPSA) is 67.9 Å².